The number of benzene rings is 1. The van der Waals surface area contributed by atoms with Crippen molar-refractivity contribution in [2.24, 2.45) is 11.7 Å². The Hall–Kier alpha value is -2.28. The van der Waals surface area contributed by atoms with Gasteiger partial charge in [0.2, 0.25) is 0 Å². The van der Waals surface area contributed by atoms with E-state index in [2.05, 4.69) is 0 Å². The number of aromatic hydroxyl groups is 2. The van der Waals surface area contributed by atoms with Crippen molar-refractivity contribution >= 4 is 11.9 Å². The zero-order valence-corrected chi connectivity index (χ0v) is 12.6. The number of esters is 2. The van der Waals surface area contributed by atoms with Gasteiger partial charge in [0.05, 0.1) is 13.2 Å². The van der Waals surface area contributed by atoms with Gasteiger partial charge in [0, 0.05) is 12.8 Å². The molecule has 0 amide bonds. The molecule has 2 atom stereocenters. The molecule has 122 valence electrons. The SMILES string of the molecule is CC(=O)OCC(C)COC(=O)[C@@H](N)Cc1ccc(O)c(O)c1. The fraction of sp³-hybridized carbons (Fsp3) is 0.467. The minimum atomic E-state index is -0.884. The lowest BCUT2D eigenvalue weighted by Crippen LogP contribution is -2.35. The minimum Gasteiger partial charge on any atom is -0.504 e. The van der Waals surface area contributed by atoms with Crippen LogP contribution in [0.3, 0.4) is 0 Å². The quantitative estimate of drug-likeness (QED) is 0.501. The van der Waals surface area contributed by atoms with Crippen LogP contribution in [-0.4, -0.2) is 41.4 Å². The first-order chi connectivity index (χ1) is 10.3. The van der Waals surface area contributed by atoms with Crippen molar-refractivity contribution in [3.63, 3.8) is 0 Å². The molecule has 0 spiro atoms. The summed E-state index contributed by atoms with van der Waals surface area (Å²) in [6.07, 6.45) is 0.172. The van der Waals surface area contributed by atoms with Crippen molar-refractivity contribution in [3.8, 4) is 11.5 Å². The van der Waals surface area contributed by atoms with Gasteiger partial charge in [-0.3, -0.25) is 9.59 Å². The molecule has 1 aromatic rings. The Morgan fingerprint density at radius 3 is 2.41 bits per heavy atom. The highest BCUT2D eigenvalue weighted by atomic mass is 16.5. The van der Waals surface area contributed by atoms with E-state index >= 15 is 0 Å². The van der Waals surface area contributed by atoms with Crippen LogP contribution in [0.1, 0.15) is 19.4 Å². The molecule has 0 saturated carbocycles. The first-order valence-corrected chi connectivity index (χ1v) is 6.86. The van der Waals surface area contributed by atoms with Gasteiger partial charge in [-0.15, -0.1) is 0 Å². The molecule has 0 aliphatic heterocycles. The monoisotopic (exact) mass is 311 g/mol. The largest absolute Gasteiger partial charge is 0.504 e. The van der Waals surface area contributed by atoms with Crippen molar-refractivity contribution in [3.05, 3.63) is 23.8 Å². The average Bonchev–Trinajstić information content (AvgIpc) is 2.46. The smallest absolute Gasteiger partial charge is 0.323 e. The third-order valence-electron chi connectivity index (χ3n) is 2.88. The molecule has 0 aromatic heterocycles. The minimum absolute atomic E-state index is 0.0979. The molecule has 0 bridgehead atoms. The Morgan fingerprint density at radius 1 is 1.18 bits per heavy atom. The highest BCUT2D eigenvalue weighted by Gasteiger charge is 2.18. The van der Waals surface area contributed by atoms with Crippen molar-refractivity contribution in [1.29, 1.82) is 0 Å². The molecule has 22 heavy (non-hydrogen) atoms. The normalized spacial score (nSPS) is 13.2. The summed E-state index contributed by atoms with van der Waals surface area (Å²) in [6, 6.07) is 3.34. The molecule has 7 nitrogen and oxygen atoms in total. The maximum Gasteiger partial charge on any atom is 0.323 e. The second kappa shape index (κ2) is 8.23. The molecule has 0 saturated heterocycles. The van der Waals surface area contributed by atoms with Crippen LogP contribution in [0.4, 0.5) is 0 Å². The Bertz CT molecular complexity index is 531. The van der Waals surface area contributed by atoms with Gasteiger partial charge < -0.3 is 25.4 Å². The van der Waals surface area contributed by atoms with E-state index in [0.717, 1.165) is 0 Å². The number of rotatable bonds is 7. The topological polar surface area (TPSA) is 119 Å². The van der Waals surface area contributed by atoms with Crippen LogP contribution < -0.4 is 5.73 Å². The number of hydrogen-bond donors (Lipinski definition) is 3. The van der Waals surface area contributed by atoms with Gasteiger partial charge >= 0.3 is 11.9 Å². The second-order valence-electron chi connectivity index (χ2n) is 5.17. The Morgan fingerprint density at radius 2 is 1.82 bits per heavy atom. The molecule has 4 N–H and O–H groups in total. The highest BCUT2D eigenvalue weighted by molar-refractivity contribution is 5.76. The number of hydrogen-bond acceptors (Lipinski definition) is 7. The Labute approximate surface area is 128 Å². The summed E-state index contributed by atoms with van der Waals surface area (Å²) in [7, 11) is 0. The third kappa shape index (κ3) is 6.01. The van der Waals surface area contributed by atoms with E-state index in [1.54, 1.807) is 13.0 Å². The molecule has 0 radical (unpaired) electrons. The van der Waals surface area contributed by atoms with Crippen LogP contribution in [0.25, 0.3) is 0 Å². The molecule has 0 fully saturated rings. The summed E-state index contributed by atoms with van der Waals surface area (Å²) in [5, 5.41) is 18.6. The lowest BCUT2D eigenvalue weighted by molar-refractivity contribution is -0.148. The van der Waals surface area contributed by atoms with Crippen LogP contribution in [0, 0.1) is 5.92 Å². The molecule has 0 aliphatic rings. The van der Waals surface area contributed by atoms with E-state index in [9.17, 15) is 19.8 Å². The van der Waals surface area contributed by atoms with E-state index in [0.29, 0.717) is 5.56 Å². The van der Waals surface area contributed by atoms with Crippen LogP contribution in [0.15, 0.2) is 18.2 Å². The van der Waals surface area contributed by atoms with Gasteiger partial charge in [0.25, 0.3) is 0 Å². The summed E-state index contributed by atoms with van der Waals surface area (Å²) in [5.41, 5.74) is 6.35. The average molecular weight is 311 g/mol. The van der Waals surface area contributed by atoms with E-state index in [-0.39, 0.29) is 43.0 Å². The van der Waals surface area contributed by atoms with E-state index in [1.165, 1.54) is 19.1 Å². The van der Waals surface area contributed by atoms with Gasteiger partial charge in [-0.1, -0.05) is 13.0 Å². The van der Waals surface area contributed by atoms with Crippen molar-refractivity contribution < 1.29 is 29.3 Å². The van der Waals surface area contributed by atoms with Gasteiger partial charge in [0.1, 0.15) is 6.04 Å². The molecular formula is C15H21NO6. The van der Waals surface area contributed by atoms with Crippen LogP contribution >= 0.6 is 0 Å². The number of ether oxygens (including phenoxy) is 2. The maximum atomic E-state index is 11.8. The first kappa shape index (κ1) is 17.8. The zero-order valence-electron chi connectivity index (χ0n) is 12.6. The standard InChI is InChI=1S/C15H21NO6/c1-9(7-21-10(2)17)8-22-15(20)12(16)5-11-3-4-13(18)14(19)6-11/h3-4,6,9,12,18-19H,5,7-8,16H2,1-2H3/t9?,12-/m0/s1. The second-order valence-corrected chi connectivity index (χ2v) is 5.17. The summed E-state index contributed by atoms with van der Waals surface area (Å²) < 4.78 is 9.86. The van der Waals surface area contributed by atoms with Crippen LogP contribution in [-0.2, 0) is 25.5 Å². The number of carbonyl (C=O) groups is 2. The van der Waals surface area contributed by atoms with Gasteiger partial charge in [-0.05, 0) is 24.1 Å². The molecule has 0 heterocycles. The molecule has 0 aliphatic carbocycles. The number of carbonyl (C=O) groups excluding carboxylic acids is 2. The van der Waals surface area contributed by atoms with Gasteiger partial charge in [-0.2, -0.15) is 0 Å². The fourth-order valence-electron chi connectivity index (χ4n) is 1.67. The van der Waals surface area contributed by atoms with E-state index in [1.807, 2.05) is 0 Å². The zero-order chi connectivity index (χ0) is 16.7. The molecule has 1 rings (SSSR count). The van der Waals surface area contributed by atoms with Crippen LogP contribution in [0.2, 0.25) is 0 Å². The molecular weight excluding hydrogens is 290 g/mol. The first-order valence-electron chi connectivity index (χ1n) is 6.86. The Kier molecular flexibility index (Phi) is 6.65. The van der Waals surface area contributed by atoms with Crippen molar-refractivity contribution in [1.82, 2.24) is 0 Å². The number of phenols is 2. The number of nitrogens with two attached hydrogens (primary N) is 1. The van der Waals surface area contributed by atoms with E-state index < -0.39 is 12.0 Å². The molecule has 1 aromatic carbocycles. The molecule has 7 heteroatoms. The predicted octanol–water partition coefficient (Wildman–Crippen LogP) is 0.710. The van der Waals surface area contributed by atoms with Crippen molar-refractivity contribution in [2.45, 2.75) is 26.3 Å². The summed E-state index contributed by atoms with van der Waals surface area (Å²) >= 11 is 0. The summed E-state index contributed by atoms with van der Waals surface area (Å²) in [4.78, 5) is 22.4. The van der Waals surface area contributed by atoms with Gasteiger partial charge in [-0.25, -0.2) is 0 Å². The van der Waals surface area contributed by atoms with Gasteiger partial charge in [0.15, 0.2) is 11.5 Å². The van der Waals surface area contributed by atoms with Crippen molar-refractivity contribution in [2.75, 3.05) is 13.2 Å². The third-order valence-corrected chi connectivity index (χ3v) is 2.88. The van der Waals surface area contributed by atoms with Crippen LogP contribution in [0.5, 0.6) is 11.5 Å². The molecule has 1 unspecified atom stereocenters. The summed E-state index contributed by atoms with van der Waals surface area (Å²) in [5.74, 6) is -1.60. The fourth-order valence-corrected chi connectivity index (χ4v) is 1.67. The predicted molar refractivity (Wildman–Crippen MR) is 78.2 cm³/mol. The Balaban J connectivity index is 2.41. The highest BCUT2D eigenvalue weighted by Crippen LogP contribution is 2.25. The maximum absolute atomic E-state index is 11.8. The lowest BCUT2D eigenvalue weighted by atomic mass is 10.1. The van der Waals surface area contributed by atoms with E-state index in [4.69, 9.17) is 15.2 Å². The summed E-state index contributed by atoms with van der Waals surface area (Å²) in [6.45, 7) is 3.35. The number of phenolic OH excluding ortho intramolecular Hbond substituents is 2. The lowest BCUT2D eigenvalue weighted by Gasteiger charge is -2.15.